The van der Waals surface area contributed by atoms with Crippen LogP contribution < -0.4 is 10.4 Å². The molecule has 0 saturated heterocycles. The maximum atomic E-state index is 11.7. The van der Waals surface area contributed by atoms with Gasteiger partial charge in [-0.05, 0) is 44.4 Å². The first kappa shape index (κ1) is 13.7. The predicted molar refractivity (Wildman–Crippen MR) is 77.0 cm³/mol. The Morgan fingerprint density at radius 1 is 1.26 bits per heavy atom. The van der Waals surface area contributed by atoms with E-state index in [-0.39, 0.29) is 5.63 Å². The number of hydrogen-bond acceptors (Lipinski definition) is 3. The van der Waals surface area contributed by atoms with Crippen LogP contribution in [0.15, 0.2) is 27.4 Å². The first-order chi connectivity index (χ1) is 9.17. The van der Waals surface area contributed by atoms with Crippen molar-refractivity contribution in [2.75, 3.05) is 6.61 Å². The molecule has 0 spiro atoms. The summed E-state index contributed by atoms with van der Waals surface area (Å²) in [5.41, 5.74) is 2.34. The summed E-state index contributed by atoms with van der Waals surface area (Å²) in [6, 6.07) is 5.55. The predicted octanol–water partition coefficient (Wildman–Crippen LogP) is 3.84. The van der Waals surface area contributed by atoms with Gasteiger partial charge >= 0.3 is 5.63 Å². The normalized spacial score (nSPS) is 10.9. The summed E-state index contributed by atoms with van der Waals surface area (Å²) in [7, 11) is 0. The zero-order chi connectivity index (χ0) is 13.8. The monoisotopic (exact) mass is 260 g/mol. The molecule has 3 heteroatoms. The van der Waals surface area contributed by atoms with Crippen LogP contribution in [0.3, 0.4) is 0 Å². The molecule has 0 amide bonds. The Morgan fingerprint density at radius 3 is 2.74 bits per heavy atom. The van der Waals surface area contributed by atoms with E-state index in [0.717, 1.165) is 41.5 Å². The van der Waals surface area contributed by atoms with E-state index in [1.807, 2.05) is 26.0 Å². The number of unbranched alkanes of at least 4 members (excludes halogenated alkanes) is 1. The number of fused-ring (bicyclic) bond motifs is 1. The van der Waals surface area contributed by atoms with Gasteiger partial charge in [-0.25, -0.2) is 4.79 Å². The Labute approximate surface area is 113 Å². The molecule has 0 saturated carbocycles. The Balaban J connectivity index is 2.60. The van der Waals surface area contributed by atoms with Gasteiger partial charge in [-0.15, -0.1) is 0 Å². The fourth-order valence-corrected chi connectivity index (χ4v) is 2.29. The fraction of sp³-hybridized carbons (Fsp3) is 0.438. The van der Waals surface area contributed by atoms with Crippen molar-refractivity contribution in [3.63, 3.8) is 0 Å². The van der Waals surface area contributed by atoms with Gasteiger partial charge in [0.05, 0.1) is 6.61 Å². The number of benzene rings is 1. The molecular formula is C16H20O3. The maximum Gasteiger partial charge on any atom is 0.336 e. The van der Waals surface area contributed by atoms with E-state index < -0.39 is 0 Å². The average molecular weight is 260 g/mol. The van der Waals surface area contributed by atoms with Gasteiger partial charge < -0.3 is 9.15 Å². The lowest BCUT2D eigenvalue weighted by Gasteiger charge is -2.11. The van der Waals surface area contributed by atoms with Crippen LogP contribution in [-0.2, 0) is 6.42 Å². The Bertz CT molecular complexity index is 626. The van der Waals surface area contributed by atoms with E-state index >= 15 is 0 Å². The van der Waals surface area contributed by atoms with Crippen LogP contribution in [0.2, 0.25) is 0 Å². The summed E-state index contributed by atoms with van der Waals surface area (Å²) >= 11 is 0. The summed E-state index contributed by atoms with van der Waals surface area (Å²) in [5, 5.41) is 1.02. The van der Waals surface area contributed by atoms with Crippen LogP contribution in [0, 0.1) is 6.92 Å². The summed E-state index contributed by atoms with van der Waals surface area (Å²) in [5.74, 6) is 0.783. The second-order valence-electron chi connectivity index (χ2n) is 4.69. The highest BCUT2D eigenvalue weighted by molar-refractivity contribution is 5.84. The first-order valence-electron chi connectivity index (χ1n) is 6.86. The maximum absolute atomic E-state index is 11.7. The van der Waals surface area contributed by atoms with Gasteiger partial charge in [-0.1, -0.05) is 13.3 Å². The lowest BCUT2D eigenvalue weighted by atomic mass is 10.0. The molecule has 0 aliphatic rings. The lowest BCUT2D eigenvalue weighted by Crippen LogP contribution is -2.03. The SMILES string of the molecule is CCCCc1cc(=O)oc2c(C)c(OCC)ccc12. The van der Waals surface area contributed by atoms with Gasteiger partial charge in [0.25, 0.3) is 0 Å². The molecule has 1 heterocycles. The van der Waals surface area contributed by atoms with E-state index in [0.29, 0.717) is 12.2 Å². The number of hydrogen-bond donors (Lipinski definition) is 0. The van der Waals surface area contributed by atoms with Crippen LogP contribution in [0.1, 0.15) is 37.8 Å². The summed E-state index contributed by atoms with van der Waals surface area (Å²) in [6.07, 6.45) is 3.09. The molecule has 0 radical (unpaired) electrons. The Kier molecular flexibility index (Phi) is 4.25. The zero-order valence-electron chi connectivity index (χ0n) is 11.8. The lowest BCUT2D eigenvalue weighted by molar-refractivity contribution is 0.337. The molecule has 0 atom stereocenters. The summed E-state index contributed by atoms with van der Waals surface area (Å²) in [4.78, 5) is 11.7. The van der Waals surface area contributed by atoms with Crippen LogP contribution in [0.25, 0.3) is 11.0 Å². The smallest absolute Gasteiger partial charge is 0.336 e. The van der Waals surface area contributed by atoms with Gasteiger partial charge in [-0.2, -0.15) is 0 Å². The zero-order valence-corrected chi connectivity index (χ0v) is 11.8. The molecular weight excluding hydrogens is 240 g/mol. The number of rotatable bonds is 5. The minimum atomic E-state index is -0.282. The first-order valence-corrected chi connectivity index (χ1v) is 6.86. The third-order valence-corrected chi connectivity index (χ3v) is 3.30. The standard InChI is InChI=1S/C16H20O3/c1-4-6-7-12-10-15(17)19-16-11(3)14(18-5-2)9-8-13(12)16/h8-10H,4-7H2,1-3H3. The van der Waals surface area contributed by atoms with Gasteiger partial charge in [-0.3, -0.25) is 0 Å². The molecule has 102 valence electrons. The van der Waals surface area contributed by atoms with Crippen molar-refractivity contribution in [2.24, 2.45) is 0 Å². The van der Waals surface area contributed by atoms with Gasteiger partial charge in [0, 0.05) is 17.0 Å². The van der Waals surface area contributed by atoms with Gasteiger partial charge in [0.2, 0.25) is 0 Å². The summed E-state index contributed by atoms with van der Waals surface area (Å²) in [6.45, 7) is 6.62. The highest BCUT2D eigenvalue weighted by Gasteiger charge is 2.11. The van der Waals surface area contributed by atoms with Crippen LogP contribution in [-0.4, -0.2) is 6.61 Å². The van der Waals surface area contributed by atoms with E-state index in [9.17, 15) is 4.79 Å². The van der Waals surface area contributed by atoms with Crippen molar-refractivity contribution >= 4 is 11.0 Å². The Hall–Kier alpha value is -1.77. The second kappa shape index (κ2) is 5.91. The number of aryl methyl sites for hydroxylation is 2. The molecule has 0 unspecified atom stereocenters. The molecule has 2 rings (SSSR count). The van der Waals surface area contributed by atoms with Crippen molar-refractivity contribution in [1.29, 1.82) is 0 Å². The molecule has 0 bridgehead atoms. The Morgan fingerprint density at radius 2 is 2.05 bits per heavy atom. The molecule has 2 aromatic rings. The highest BCUT2D eigenvalue weighted by atomic mass is 16.5. The van der Waals surface area contributed by atoms with Crippen molar-refractivity contribution < 1.29 is 9.15 Å². The molecule has 0 aliphatic heterocycles. The number of ether oxygens (including phenoxy) is 1. The van der Waals surface area contributed by atoms with Crippen molar-refractivity contribution in [3.8, 4) is 5.75 Å². The molecule has 1 aromatic heterocycles. The van der Waals surface area contributed by atoms with Gasteiger partial charge in [0.15, 0.2) is 0 Å². The minimum absolute atomic E-state index is 0.282. The third-order valence-electron chi connectivity index (χ3n) is 3.30. The van der Waals surface area contributed by atoms with Crippen molar-refractivity contribution in [2.45, 2.75) is 40.0 Å². The van der Waals surface area contributed by atoms with Crippen LogP contribution in [0.5, 0.6) is 5.75 Å². The molecule has 0 N–H and O–H groups in total. The quantitative estimate of drug-likeness (QED) is 0.767. The minimum Gasteiger partial charge on any atom is -0.493 e. The third kappa shape index (κ3) is 2.80. The van der Waals surface area contributed by atoms with Crippen molar-refractivity contribution in [1.82, 2.24) is 0 Å². The van der Waals surface area contributed by atoms with Crippen molar-refractivity contribution in [3.05, 3.63) is 39.7 Å². The van der Waals surface area contributed by atoms with E-state index in [1.165, 1.54) is 0 Å². The molecule has 3 nitrogen and oxygen atoms in total. The highest BCUT2D eigenvalue weighted by Crippen LogP contribution is 2.28. The van der Waals surface area contributed by atoms with E-state index in [1.54, 1.807) is 6.07 Å². The van der Waals surface area contributed by atoms with E-state index in [2.05, 4.69) is 6.92 Å². The summed E-state index contributed by atoms with van der Waals surface area (Å²) < 4.78 is 10.9. The largest absolute Gasteiger partial charge is 0.493 e. The average Bonchev–Trinajstić information content (AvgIpc) is 2.40. The van der Waals surface area contributed by atoms with E-state index in [4.69, 9.17) is 9.15 Å². The fourth-order valence-electron chi connectivity index (χ4n) is 2.29. The van der Waals surface area contributed by atoms with Crippen LogP contribution in [0.4, 0.5) is 0 Å². The molecule has 19 heavy (non-hydrogen) atoms. The second-order valence-corrected chi connectivity index (χ2v) is 4.69. The van der Waals surface area contributed by atoms with Gasteiger partial charge in [0.1, 0.15) is 11.3 Å². The van der Waals surface area contributed by atoms with Crippen LogP contribution >= 0.6 is 0 Å². The molecule has 1 aromatic carbocycles. The molecule has 0 aliphatic carbocycles. The molecule has 0 fully saturated rings. The topological polar surface area (TPSA) is 39.4 Å².